The van der Waals surface area contributed by atoms with Crippen LogP contribution in [0.4, 0.5) is 9.18 Å². The fourth-order valence-electron chi connectivity index (χ4n) is 2.29. The van der Waals surface area contributed by atoms with E-state index in [-0.39, 0.29) is 11.9 Å². The van der Waals surface area contributed by atoms with Crippen LogP contribution in [0, 0.1) is 12.7 Å². The molecule has 1 unspecified atom stereocenters. The molecule has 1 fully saturated rings. The number of aryl methyl sites for hydroxylation is 1. The van der Waals surface area contributed by atoms with E-state index in [2.05, 4.69) is 15.9 Å². The molecule has 0 saturated carbocycles. The normalized spacial score (nSPS) is 19.7. The molecule has 5 heteroatoms. The molecule has 0 spiro atoms. The summed E-state index contributed by atoms with van der Waals surface area (Å²) in [4.78, 5) is 12.4. The zero-order valence-electron chi connectivity index (χ0n) is 9.41. The lowest BCUT2D eigenvalue weighted by atomic mass is 10.0. The highest BCUT2D eigenvalue weighted by Gasteiger charge is 2.30. The van der Waals surface area contributed by atoms with Gasteiger partial charge in [-0.25, -0.2) is 9.18 Å². The summed E-state index contributed by atoms with van der Waals surface area (Å²) >= 11 is 3.16. The van der Waals surface area contributed by atoms with Crippen molar-refractivity contribution in [2.24, 2.45) is 0 Å². The molecule has 1 N–H and O–H groups in total. The Bertz CT molecular complexity index is 441. The van der Waals surface area contributed by atoms with Gasteiger partial charge in [0.25, 0.3) is 0 Å². The van der Waals surface area contributed by atoms with Gasteiger partial charge in [-0.3, -0.25) is 0 Å². The SMILES string of the molecule is Cc1cc(C2CCCN2C(=O)O)cc(F)c1Br. The molecule has 92 valence electrons. The predicted octanol–water partition coefficient (Wildman–Crippen LogP) is 3.71. The van der Waals surface area contributed by atoms with Crippen LogP contribution < -0.4 is 0 Å². The summed E-state index contributed by atoms with van der Waals surface area (Å²) in [5.74, 6) is -0.336. The number of likely N-dealkylation sites (tertiary alicyclic amines) is 1. The number of amides is 1. The van der Waals surface area contributed by atoms with Crippen LogP contribution in [0.5, 0.6) is 0 Å². The van der Waals surface area contributed by atoms with Crippen LogP contribution in [0.25, 0.3) is 0 Å². The highest BCUT2D eigenvalue weighted by Crippen LogP contribution is 2.34. The first kappa shape index (κ1) is 12.4. The van der Waals surface area contributed by atoms with Crippen molar-refractivity contribution < 1.29 is 14.3 Å². The maximum Gasteiger partial charge on any atom is 0.407 e. The topological polar surface area (TPSA) is 40.5 Å². The summed E-state index contributed by atoms with van der Waals surface area (Å²) < 4.78 is 14.1. The largest absolute Gasteiger partial charge is 0.465 e. The molecule has 1 aromatic rings. The molecule has 1 aromatic carbocycles. The molecule has 3 nitrogen and oxygen atoms in total. The van der Waals surface area contributed by atoms with Gasteiger partial charge in [0.2, 0.25) is 0 Å². The van der Waals surface area contributed by atoms with Crippen LogP contribution in [-0.2, 0) is 0 Å². The highest BCUT2D eigenvalue weighted by atomic mass is 79.9. The average molecular weight is 302 g/mol. The number of rotatable bonds is 1. The minimum Gasteiger partial charge on any atom is -0.465 e. The van der Waals surface area contributed by atoms with E-state index in [1.807, 2.05) is 6.07 Å². The smallest absolute Gasteiger partial charge is 0.407 e. The van der Waals surface area contributed by atoms with E-state index in [4.69, 9.17) is 5.11 Å². The zero-order valence-corrected chi connectivity index (χ0v) is 11.0. The summed E-state index contributed by atoms with van der Waals surface area (Å²) in [6, 6.07) is 3.05. The number of nitrogens with zero attached hydrogens (tertiary/aromatic N) is 1. The van der Waals surface area contributed by atoms with Gasteiger partial charge in [-0.05, 0) is 52.9 Å². The predicted molar refractivity (Wildman–Crippen MR) is 65.5 cm³/mol. The van der Waals surface area contributed by atoms with E-state index >= 15 is 0 Å². The van der Waals surface area contributed by atoms with Crippen LogP contribution in [-0.4, -0.2) is 22.6 Å². The summed E-state index contributed by atoms with van der Waals surface area (Å²) in [6.45, 7) is 2.33. The van der Waals surface area contributed by atoms with Gasteiger partial charge in [-0.15, -0.1) is 0 Å². The molecule has 0 radical (unpaired) electrons. The second kappa shape index (κ2) is 4.64. The third-order valence-electron chi connectivity index (χ3n) is 3.12. The Balaban J connectivity index is 2.37. The average Bonchev–Trinajstić information content (AvgIpc) is 2.74. The van der Waals surface area contributed by atoms with Crippen molar-refractivity contribution in [1.29, 1.82) is 0 Å². The second-order valence-corrected chi connectivity index (χ2v) is 5.06. The van der Waals surface area contributed by atoms with E-state index in [0.29, 0.717) is 11.0 Å². The third-order valence-corrected chi connectivity index (χ3v) is 4.12. The number of hydrogen-bond acceptors (Lipinski definition) is 1. The number of benzene rings is 1. The van der Waals surface area contributed by atoms with Crippen LogP contribution in [0.2, 0.25) is 0 Å². The minimum absolute atomic E-state index is 0.214. The third kappa shape index (κ3) is 2.29. The molecule has 1 heterocycles. The first-order valence-corrected chi connectivity index (χ1v) is 6.25. The van der Waals surface area contributed by atoms with Crippen LogP contribution in [0.1, 0.15) is 30.0 Å². The van der Waals surface area contributed by atoms with Crippen molar-refractivity contribution in [3.63, 3.8) is 0 Å². The first-order valence-electron chi connectivity index (χ1n) is 5.46. The Morgan fingerprint density at radius 2 is 2.29 bits per heavy atom. The molecule has 1 aliphatic heterocycles. The molecule has 0 aromatic heterocycles. The lowest BCUT2D eigenvalue weighted by Crippen LogP contribution is -2.28. The van der Waals surface area contributed by atoms with Crippen LogP contribution >= 0.6 is 15.9 Å². The van der Waals surface area contributed by atoms with Crippen molar-refractivity contribution in [1.82, 2.24) is 4.90 Å². The number of hydrogen-bond donors (Lipinski definition) is 1. The summed E-state index contributed by atoms with van der Waals surface area (Å²) in [6.07, 6.45) is 0.647. The van der Waals surface area contributed by atoms with E-state index < -0.39 is 6.09 Å². The van der Waals surface area contributed by atoms with Crippen molar-refractivity contribution in [2.75, 3.05) is 6.54 Å². The van der Waals surface area contributed by atoms with Gasteiger partial charge in [-0.1, -0.05) is 6.07 Å². The summed E-state index contributed by atoms with van der Waals surface area (Å²) in [5.41, 5.74) is 1.53. The van der Waals surface area contributed by atoms with Gasteiger partial charge in [0.1, 0.15) is 5.82 Å². The van der Waals surface area contributed by atoms with Gasteiger partial charge in [-0.2, -0.15) is 0 Å². The number of halogens is 2. The lowest BCUT2D eigenvalue weighted by molar-refractivity contribution is 0.140. The molecular weight excluding hydrogens is 289 g/mol. The molecule has 0 aliphatic carbocycles. The Morgan fingerprint density at radius 1 is 1.59 bits per heavy atom. The monoisotopic (exact) mass is 301 g/mol. The highest BCUT2D eigenvalue weighted by molar-refractivity contribution is 9.10. The molecular formula is C12H13BrFNO2. The van der Waals surface area contributed by atoms with E-state index in [1.165, 1.54) is 11.0 Å². The molecule has 17 heavy (non-hydrogen) atoms. The molecule has 1 aliphatic rings. The zero-order chi connectivity index (χ0) is 12.6. The number of carboxylic acid groups (broad SMARTS) is 1. The first-order chi connectivity index (χ1) is 8.00. The van der Waals surface area contributed by atoms with Gasteiger partial charge >= 0.3 is 6.09 Å². The maximum absolute atomic E-state index is 13.6. The maximum atomic E-state index is 13.6. The quantitative estimate of drug-likeness (QED) is 0.859. The summed E-state index contributed by atoms with van der Waals surface area (Å²) in [7, 11) is 0. The Hall–Kier alpha value is -1.10. The molecule has 2 rings (SSSR count). The second-order valence-electron chi connectivity index (χ2n) is 4.27. The lowest BCUT2D eigenvalue weighted by Gasteiger charge is -2.22. The van der Waals surface area contributed by atoms with Crippen molar-refractivity contribution >= 4 is 22.0 Å². The fraction of sp³-hybridized carbons (Fsp3) is 0.417. The summed E-state index contributed by atoms with van der Waals surface area (Å²) in [5, 5.41) is 9.06. The van der Waals surface area contributed by atoms with E-state index in [0.717, 1.165) is 24.0 Å². The molecule has 1 saturated heterocycles. The van der Waals surface area contributed by atoms with Crippen molar-refractivity contribution in [2.45, 2.75) is 25.8 Å². The molecule has 1 atom stereocenters. The van der Waals surface area contributed by atoms with Gasteiger partial charge in [0.15, 0.2) is 0 Å². The number of carbonyl (C=O) groups is 1. The minimum atomic E-state index is -0.937. The van der Waals surface area contributed by atoms with Gasteiger partial charge in [0, 0.05) is 6.54 Å². The Morgan fingerprint density at radius 3 is 2.88 bits per heavy atom. The van der Waals surface area contributed by atoms with E-state index in [9.17, 15) is 9.18 Å². The van der Waals surface area contributed by atoms with Crippen LogP contribution in [0.3, 0.4) is 0 Å². The van der Waals surface area contributed by atoms with E-state index in [1.54, 1.807) is 6.92 Å². The van der Waals surface area contributed by atoms with Crippen LogP contribution in [0.15, 0.2) is 16.6 Å². The molecule has 0 bridgehead atoms. The van der Waals surface area contributed by atoms with Crippen molar-refractivity contribution in [3.8, 4) is 0 Å². The Kier molecular flexibility index (Phi) is 3.38. The van der Waals surface area contributed by atoms with Crippen molar-refractivity contribution in [3.05, 3.63) is 33.5 Å². The Labute approximate surface area is 107 Å². The van der Waals surface area contributed by atoms with Gasteiger partial charge < -0.3 is 10.0 Å². The van der Waals surface area contributed by atoms with Gasteiger partial charge in [0.05, 0.1) is 10.5 Å². The standard InChI is InChI=1S/C12H13BrFNO2/c1-7-5-8(6-9(14)11(7)13)10-3-2-4-15(10)12(16)17/h5-6,10H,2-4H2,1H3,(H,16,17). The molecule has 1 amide bonds. The fourth-order valence-corrected chi connectivity index (χ4v) is 2.52.